The molecule has 0 aromatic carbocycles. The molecule has 1 aromatic heterocycles. The van der Waals surface area contributed by atoms with Crippen molar-refractivity contribution >= 4 is 0 Å². The molecule has 0 radical (unpaired) electrons. The fourth-order valence-electron chi connectivity index (χ4n) is 2.82. The Morgan fingerprint density at radius 3 is 2.80 bits per heavy atom. The molecule has 0 bridgehead atoms. The van der Waals surface area contributed by atoms with Crippen molar-refractivity contribution < 1.29 is 24.1 Å². The monoisotopic (exact) mass is 280 g/mol. The highest BCUT2D eigenvalue weighted by molar-refractivity contribution is 5.33. The fourth-order valence-corrected chi connectivity index (χ4v) is 2.82. The number of furan rings is 1. The van der Waals surface area contributed by atoms with Gasteiger partial charge in [0.25, 0.3) is 0 Å². The average Bonchev–Trinajstić information content (AvgIpc) is 2.96. The number of aliphatic hydroxyl groups excluding tert-OH is 2. The van der Waals surface area contributed by atoms with Crippen molar-refractivity contribution in [2.45, 2.75) is 44.2 Å². The first-order chi connectivity index (χ1) is 9.57. The van der Waals surface area contributed by atoms with Crippen LogP contribution in [0.1, 0.15) is 36.3 Å². The van der Waals surface area contributed by atoms with Crippen LogP contribution < -0.4 is 0 Å². The molecule has 5 heteroatoms. The van der Waals surface area contributed by atoms with Crippen LogP contribution in [0.5, 0.6) is 0 Å². The van der Waals surface area contributed by atoms with Crippen LogP contribution in [0.4, 0.5) is 0 Å². The topological polar surface area (TPSA) is 72.1 Å². The summed E-state index contributed by atoms with van der Waals surface area (Å²) in [5, 5.41) is 20.1. The van der Waals surface area contributed by atoms with Crippen molar-refractivity contribution in [2.75, 3.05) is 13.2 Å². The average molecular weight is 280 g/mol. The van der Waals surface area contributed by atoms with Gasteiger partial charge >= 0.3 is 0 Å². The second-order valence-corrected chi connectivity index (χ2v) is 5.55. The lowest BCUT2D eigenvalue weighted by Crippen LogP contribution is -2.29. The first kappa shape index (κ1) is 13.8. The lowest BCUT2D eigenvalue weighted by atomic mass is 9.94. The van der Waals surface area contributed by atoms with Crippen LogP contribution >= 0.6 is 0 Å². The van der Waals surface area contributed by atoms with Gasteiger partial charge in [0.1, 0.15) is 5.76 Å². The number of hydrogen-bond donors (Lipinski definition) is 2. The predicted molar refractivity (Wildman–Crippen MR) is 71.1 cm³/mol. The number of fused-ring (bicyclic) bond motifs is 1. The van der Waals surface area contributed by atoms with Crippen LogP contribution in [0, 0.1) is 0 Å². The first-order valence-electron chi connectivity index (χ1n) is 6.97. The molecule has 1 fully saturated rings. The first-order valence-corrected chi connectivity index (χ1v) is 6.97. The molecule has 1 aliphatic carbocycles. The van der Waals surface area contributed by atoms with Crippen LogP contribution in [0.25, 0.3) is 0 Å². The van der Waals surface area contributed by atoms with E-state index in [2.05, 4.69) is 0 Å². The summed E-state index contributed by atoms with van der Waals surface area (Å²) in [7, 11) is 0. The second kappa shape index (κ2) is 5.33. The van der Waals surface area contributed by atoms with E-state index in [9.17, 15) is 10.2 Å². The summed E-state index contributed by atoms with van der Waals surface area (Å²) in [5.74, 6) is 0.0394. The minimum absolute atomic E-state index is 0.435. The van der Waals surface area contributed by atoms with Gasteiger partial charge in [0.15, 0.2) is 5.79 Å². The van der Waals surface area contributed by atoms with E-state index in [1.807, 2.05) is 6.92 Å². The third-order valence-corrected chi connectivity index (χ3v) is 3.88. The van der Waals surface area contributed by atoms with Gasteiger partial charge in [-0.15, -0.1) is 0 Å². The molecule has 1 aliphatic heterocycles. The molecular weight excluding hydrogens is 260 g/mol. The van der Waals surface area contributed by atoms with Gasteiger partial charge in [0.05, 0.1) is 38.1 Å². The Labute approximate surface area is 117 Å². The van der Waals surface area contributed by atoms with Gasteiger partial charge in [0.2, 0.25) is 0 Å². The van der Waals surface area contributed by atoms with E-state index in [0.717, 1.165) is 16.9 Å². The van der Waals surface area contributed by atoms with Crippen LogP contribution in [0.3, 0.4) is 0 Å². The van der Waals surface area contributed by atoms with Gasteiger partial charge in [-0.25, -0.2) is 0 Å². The largest absolute Gasteiger partial charge is 0.468 e. The molecule has 0 spiro atoms. The van der Waals surface area contributed by atoms with E-state index in [1.54, 1.807) is 18.4 Å². The number of aliphatic hydroxyl groups is 2. The molecule has 0 saturated carbocycles. The molecule has 3 rings (SSSR count). The molecule has 1 aromatic rings. The van der Waals surface area contributed by atoms with Crippen LogP contribution in [0.2, 0.25) is 0 Å². The van der Waals surface area contributed by atoms with E-state index >= 15 is 0 Å². The molecule has 2 aliphatic rings. The lowest BCUT2D eigenvalue weighted by molar-refractivity contribution is -0.142. The third kappa shape index (κ3) is 2.67. The summed E-state index contributed by atoms with van der Waals surface area (Å²) in [6.07, 6.45) is 5.34. The van der Waals surface area contributed by atoms with Gasteiger partial charge in [0, 0.05) is 17.5 Å². The summed E-state index contributed by atoms with van der Waals surface area (Å²) < 4.78 is 16.8. The molecule has 0 amide bonds. The number of hydrogen-bond acceptors (Lipinski definition) is 5. The zero-order valence-corrected chi connectivity index (χ0v) is 11.5. The maximum atomic E-state index is 10.1. The van der Waals surface area contributed by atoms with Gasteiger partial charge in [-0.3, -0.25) is 0 Å². The molecule has 1 saturated heterocycles. The molecule has 110 valence electrons. The predicted octanol–water partition coefficient (Wildman–Crippen LogP) is 1.48. The molecule has 2 heterocycles. The van der Waals surface area contributed by atoms with E-state index in [4.69, 9.17) is 13.9 Å². The van der Waals surface area contributed by atoms with Crippen molar-refractivity contribution in [2.24, 2.45) is 0 Å². The minimum Gasteiger partial charge on any atom is -0.468 e. The summed E-state index contributed by atoms with van der Waals surface area (Å²) >= 11 is 0. The standard InChI is InChI=1S/C15H20O5/c1-15(19-5-6-20-15)8-14-11-7-10(16)3-2-4-13(17)12(11)9-18-14/h2-3,9-10,13,16-17H,4-8H2,1H3/b3-2-. The summed E-state index contributed by atoms with van der Waals surface area (Å²) in [6, 6.07) is 0. The van der Waals surface area contributed by atoms with Crippen LogP contribution in [-0.2, 0) is 22.3 Å². The van der Waals surface area contributed by atoms with Gasteiger partial charge < -0.3 is 24.1 Å². The highest BCUT2D eigenvalue weighted by Crippen LogP contribution is 2.33. The normalized spacial score (nSPS) is 30.6. The third-order valence-electron chi connectivity index (χ3n) is 3.88. The Hall–Kier alpha value is -1.14. The van der Waals surface area contributed by atoms with Gasteiger partial charge in [-0.2, -0.15) is 0 Å². The molecule has 20 heavy (non-hydrogen) atoms. The molecule has 2 N–H and O–H groups in total. The highest BCUT2D eigenvalue weighted by atomic mass is 16.7. The van der Waals surface area contributed by atoms with Crippen molar-refractivity contribution in [3.05, 3.63) is 35.3 Å². The summed E-state index contributed by atoms with van der Waals surface area (Å²) in [6.45, 7) is 3.03. The lowest BCUT2D eigenvalue weighted by Gasteiger charge is -2.22. The molecular formula is C15H20O5. The maximum absolute atomic E-state index is 10.1. The maximum Gasteiger partial charge on any atom is 0.172 e. The van der Waals surface area contributed by atoms with E-state index in [0.29, 0.717) is 32.5 Å². The van der Waals surface area contributed by atoms with E-state index in [1.165, 1.54) is 0 Å². The van der Waals surface area contributed by atoms with Crippen LogP contribution in [-0.4, -0.2) is 35.3 Å². The van der Waals surface area contributed by atoms with Gasteiger partial charge in [-0.05, 0) is 13.3 Å². The Kier molecular flexibility index (Phi) is 3.69. The van der Waals surface area contributed by atoms with Crippen molar-refractivity contribution in [1.29, 1.82) is 0 Å². The van der Waals surface area contributed by atoms with Crippen molar-refractivity contribution in [3.8, 4) is 0 Å². The Morgan fingerprint density at radius 2 is 2.05 bits per heavy atom. The molecule has 2 unspecified atom stereocenters. The fraction of sp³-hybridized carbons (Fsp3) is 0.600. The Balaban J connectivity index is 1.88. The highest BCUT2D eigenvalue weighted by Gasteiger charge is 2.34. The smallest absolute Gasteiger partial charge is 0.172 e. The quantitative estimate of drug-likeness (QED) is 0.803. The SMILES string of the molecule is CC1(Cc2occ3c2CC(O)/C=C\CC3O)OCCO1. The Morgan fingerprint density at radius 1 is 1.30 bits per heavy atom. The van der Waals surface area contributed by atoms with E-state index in [-0.39, 0.29) is 0 Å². The summed E-state index contributed by atoms with van der Waals surface area (Å²) in [4.78, 5) is 0. The summed E-state index contributed by atoms with van der Waals surface area (Å²) in [5.41, 5.74) is 1.62. The van der Waals surface area contributed by atoms with Crippen LogP contribution in [0.15, 0.2) is 22.8 Å². The zero-order valence-electron chi connectivity index (χ0n) is 11.5. The van der Waals surface area contributed by atoms with Crippen molar-refractivity contribution in [3.63, 3.8) is 0 Å². The van der Waals surface area contributed by atoms with Gasteiger partial charge in [-0.1, -0.05) is 12.2 Å². The molecule has 5 nitrogen and oxygen atoms in total. The van der Waals surface area contributed by atoms with E-state index < -0.39 is 18.0 Å². The Bertz CT molecular complexity index is 498. The van der Waals surface area contributed by atoms with Crippen molar-refractivity contribution in [1.82, 2.24) is 0 Å². The second-order valence-electron chi connectivity index (χ2n) is 5.55. The molecule has 2 atom stereocenters. The number of rotatable bonds is 2. The zero-order chi connectivity index (χ0) is 14.2. The minimum atomic E-state index is -0.681. The number of ether oxygens (including phenoxy) is 2.